The number of carbonyl (C=O) groups is 1. The molecule has 0 aromatic carbocycles. The molecular formula is C12H20ClNO. The summed E-state index contributed by atoms with van der Waals surface area (Å²) in [5, 5.41) is 3.09. The molecule has 1 amide bonds. The number of halogens is 1. The van der Waals surface area contributed by atoms with Gasteiger partial charge in [0.15, 0.2) is 0 Å². The van der Waals surface area contributed by atoms with Crippen LogP contribution < -0.4 is 5.32 Å². The summed E-state index contributed by atoms with van der Waals surface area (Å²) < 4.78 is 0. The predicted molar refractivity (Wildman–Crippen MR) is 61.9 cm³/mol. The van der Waals surface area contributed by atoms with Gasteiger partial charge in [0.1, 0.15) is 5.88 Å². The van der Waals surface area contributed by atoms with Crippen molar-refractivity contribution in [3.05, 3.63) is 0 Å². The monoisotopic (exact) mass is 229 g/mol. The molecule has 15 heavy (non-hydrogen) atoms. The average molecular weight is 230 g/mol. The summed E-state index contributed by atoms with van der Waals surface area (Å²) in [6.07, 6.45) is 3.68. The van der Waals surface area contributed by atoms with Crippen LogP contribution in [-0.4, -0.2) is 17.8 Å². The lowest BCUT2D eigenvalue weighted by atomic mass is 9.69. The Balaban J connectivity index is 2.15. The van der Waals surface area contributed by atoms with E-state index < -0.39 is 0 Å². The summed E-state index contributed by atoms with van der Waals surface area (Å²) in [7, 11) is 0. The number of rotatable bonds is 2. The van der Waals surface area contributed by atoms with Crippen LogP contribution in [0.3, 0.4) is 0 Å². The van der Waals surface area contributed by atoms with E-state index in [0.29, 0.717) is 11.5 Å². The first-order chi connectivity index (χ1) is 6.91. The molecule has 0 aromatic heterocycles. The lowest BCUT2D eigenvalue weighted by Crippen LogP contribution is -2.47. The molecule has 0 radical (unpaired) electrons. The molecule has 0 spiro atoms. The van der Waals surface area contributed by atoms with Crippen LogP contribution in [0.4, 0.5) is 0 Å². The standard InChI is InChI=1S/C12H20ClNO/c1-11(2)8-4-5-12(11,3)9(6-8)14-10(15)7-13/h8-9H,4-7H2,1-3H3,(H,14,15)/t8-,9-,12-/m1/s1. The summed E-state index contributed by atoms with van der Waals surface area (Å²) in [4.78, 5) is 11.4. The summed E-state index contributed by atoms with van der Waals surface area (Å²) in [5.41, 5.74) is 0.622. The Kier molecular flexibility index (Phi) is 2.53. The highest BCUT2D eigenvalue weighted by Crippen LogP contribution is 2.65. The molecule has 2 bridgehead atoms. The van der Waals surface area contributed by atoms with Crippen molar-refractivity contribution in [1.82, 2.24) is 5.32 Å². The Morgan fingerprint density at radius 1 is 1.47 bits per heavy atom. The second kappa shape index (κ2) is 3.38. The number of hydrogen-bond donors (Lipinski definition) is 1. The van der Waals surface area contributed by atoms with Crippen LogP contribution in [0, 0.1) is 16.7 Å². The molecule has 0 aromatic rings. The molecule has 2 aliphatic carbocycles. The first-order valence-corrected chi connectivity index (χ1v) is 6.30. The summed E-state index contributed by atoms with van der Waals surface area (Å²) >= 11 is 5.54. The van der Waals surface area contributed by atoms with Crippen molar-refractivity contribution in [2.24, 2.45) is 16.7 Å². The predicted octanol–water partition coefficient (Wildman–Crippen LogP) is 2.56. The Morgan fingerprint density at radius 2 is 2.13 bits per heavy atom. The van der Waals surface area contributed by atoms with Gasteiger partial charge in [0, 0.05) is 6.04 Å². The van der Waals surface area contributed by atoms with E-state index in [2.05, 4.69) is 26.1 Å². The molecule has 3 atom stereocenters. The fraction of sp³-hybridized carbons (Fsp3) is 0.917. The maximum atomic E-state index is 11.4. The van der Waals surface area contributed by atoms with E-state index in [1.807, 2.05) is 0 Å². The van der Waals surface area contributed by atoms with Crippen LogP contribution in [0.15, 0.2) is 0 Å². The third-order valence-electron chi connectivity index (χ3n) is 5.25. The largest absolute Gasteiger partial charge is 0.352 e. The van der Waals surface area contributed by atoms with E-state index in [-0.39, 0.29) is 17.2 Å². The van der Waals surface area contributed by atoms with Gasteiger partial charge in [0.25, 0.3) is 0 Å². The molecule has 2 aliphatic rings. The zero-order valence-electron chi connectivity index (χ0n) is 9.77. The number of nitrogens with one attached hydrogen (secondary N) is 1. The third kappa shape index (κ3) is 1.41. The fourth-order valence-electron chi connectivity index (χ4n) is 3.65. The molecule has 2 saturated carbocycles. The molecule has 0 unspecified atom stereocenters. The Labute approximate surface area is 96.8 Å². The highest BCUT2D eigenvalue weighted by atomic mass is 35.5. The third-order valence-corrected chi connectivity index (χ3v) is 5.49. The van der Waals surface area contributed by atoms with Gasteiger partial charge in [-0.2, -0.15) is 0 Å². The minimum Gasteiger partial charge on any atom is -0.352 e. The van der Waals surface area contributed by atoms with Crippen LogP contribution in [0.1, 0.15) is 40.0 Å². The highest BCUT2D eigenvalue weighted by molar-refractivity contribution is 6.27. The lowest BCUT2D eigenvalue weighted by molar-refractivity contribution is -0.120. The van der Waals surface area contributed by atoms with Crippen molar-refractivity contribution in [1.29, 1.82) is 0 Å². The Morgan fingerprint density at radius 3 is 2.53 bits per heavy atom. The second-order valence-corrected chi connectivity index (χ2v) is 6.13. The number of amides is 1. The van der Waals surface area contributed by atoms with E-state index in [4.69, 9.17) is 11.6 Å². The second-order valence-electron chi connectivity index (χ2n) is 5.86. The highest BCUT2D eigenvalue weighted by Gasteiger charge is 2.61. The van der Waals surface area contributed by atoms with Crippen molar-refractivity contribution in [3.63, 3.8) is 0 Å². The normalized spacial score (nSPS) is 41.9. The smallest absolute Gasteiger partial charge is 0.235 e. The van der Waals surface area contributed by atoms with Gasteiger partial charge in [0.05, 0.1) is 0 Å². The molecule has 0 heterocycles. The van der Waals surface area contributed by atoms with Crippen LogP contribution in [0.2, 0.25) is 0 Å². The molecule has 2 rings (SSSR count). The van der Waals surface area contributed by atoms with Crippen LogP contribution in [-0.2, 0) is 4.79 Å². The maximum Gasteiger partial charge on any atom is 0.235 e. The minimum absolute atomic E-state index is 0.0220. The van der Waals surface area contributed by atoms with Gasteiger partial charge >= 0.3 is 0 Å². The summed E-state index contributed by atoms with van der Waals surface area (Å²) in [6, 6.07) is 0.331. The zero-order valence-corrected chi connectivity index (χ0v) is 10.5. The van der Waals surface area contributed by atoms with Gasteiger partial charge in [-0.05, 0) is 36.0 Å². The van der Waals surface area contributed by atoms with Gasteiger partial charge in [-0.25, -0.2) is 0 Å². The maximum absolute atomic E-state index is 11.4. The number of carbonyl (C=O) groups excluding carboxylic acids is 1. The Bertz CT molecular complexity index is 289. The molecule has 1 N–H and O–H groups in total. The minimum atomic E-state index is -0.0220. The van der Waals surface area contributed by atoms with Crippen molar-refractivity contribution in [2.75, 3.05) is 5.88 Å². The first kappa shape index (κ1) is 11.3. The van der Waals surface area contributed by atoms with Crippen molar-refractivity contribution in [2.45, 2.75) is 46.1 Å². The van der Waals surface area contributed by atoms with E-state index in [1.54, 1.807) is 0 Å². The topological polar surface area (TPSA) is 29.1 Å². The molecule has 3 heteroatoms. The van der Waals surface area contributed by atoms with Gasteiger partial charge in [-0.15, -0.1) is 11.6 Å². The molecule has 2 nitrogen and oxygen atoms in total. The number of hydrogen-bond acceptors (Lipinski definition) is 1. The number of alkyl halides is 1. The van der Waals surface area contributed by atoms with E-state index >= 15 is 0 Å². The van der Waals surface area contributed by atoms with Gasteiger partial charge in [0.2, 0.25) is 5.91 Å². The summed E-state index contributed by atoms with van der Waals surface area (Å²) in [6.45, 7) is 7.01. The van der Waals surface area contributed by atoms with Crippen molar-refractivity contribution < 1.29 is 4.79 Å². The average Bonchev–Trinajstić information content (AvgIpc) is 2.50. The molecule has 0 saturated heterocycles. The summed E-state index contributed by atoms with van der Waals surface area (Å²) in [5.74, 6) is 0.826. The molecule has 0 aliphatic heterocycles. The van der Waals surface area contributed by atoms with Crippen molar-refractivity contribution in [3.8, 4) is 0 Å². The SMILES string of the molecule is CC1(C)[C@@H]2CC[C@]1(C)[C@H](NC(=O)CCl)C2. The molecule has 2 fully saturated rings. The number of fused-ring (bicyclic) bond motifs is 2. The van der Waals surface area contributed by atoms with Crippen LogP contribution in [0.25, 0.3) is 0 Å². The van der Waals surface area contributed by atoms with Gasteiger partial charge in [-0.1, -0.05) is 20.8 Å². The van der Waals surface area contributed by atoms with Gasteiger partial charge < -0.3 is 5.32 Å². The van der Waals surface area contributed by atoms with E-state index in [1.165, 1.54) is 12.8 Å². The van der Waals surface area contributed by atoms with Crippen molar-refractivity contribution >= 4 is 17.5 Å². The quantitative estimate of drug-likeness (QED) is 0.725. The van der Waals surface area contributed by atoms with E-state index in [0.717, 1.165) is 12.3 Å². The lowest BCUT2D eigenvalue weighted by Gasteiger charge is -2.39. The zero-order chi connectivity index (χ0) is 11.3. The van der Waals surface area contributed by atoms with Crippen LogP contribution >= 0.6 is 11.6 Å². The molecular weight excluding hydrogens is 210 g/mol. The fourth-order valence-corrected chi connectivity index (χ4v) is 3.73. The van der Waals surface area contributed by atoms with E-state index in [9.17, 15) is 4.79 Å². The van der Waals surface area contributed by atoms with Crippen LogP contribution in [0.5, 0.6) is 0 Å². The Hall–Kier alpha value is -0.240. The van der Waals surface area contributed by atoms with Gasteiger partial charge in [-0.3, -0.25) is 4.79 Å². The first-order valence-electron chi connectivity index (χ1n) is 5.77. The molecule has 86 valence electrons.